The summed E-state index contributed by atoms with van der Waals surface area (Å²) >= 11 is 0. The van der Waals surface area contributed by atoms with E-state index in [1.54, 1.807) is 53.7 Å². The van der Waals surface area contributed by atoms with Crippen molar-refractivity contribution in [2.75, 3.05) is 19.8 Å². The van der Waals surface area contributed by atoms with Crippen LogP contribution >= 0.6 is 0 Å². The van der Waals surface area contributed by atoms with Gasteiger partial charge in [-0.05, 0) is 79.0 Å². The normalized spacial score (nSPS) is 22.3. The number of carbonyl (C=O) groups excluding carboxylic acids is 3. The number of ether oxygens (including phenoxy) is 5. The minimum absolute atomic E-state index is 0.0880. The van der Waals surface area contributed by atoms with E-state index in [0.717, 1.165) is 0 Å². The van der Waals surface area contributed by atoms with E-state index < -0.39 is 78.5 Å². The number of hydrogen-bond donors (Lipinski definition) is 0. The highest BCUT2D eigenvalue weighted by Crippen LogP contribution is 2.27. The van der Waals surface area contributed by atoms with Gasteiger partial charge in [-0.3, -0.25) is 0 Å². The van der Waals surface area contributed by atoms with Gasteiger partial charge in [0.05, 0.1) is 19.3 Å². The molecule has 4 unspecified atom stereocenters. The van der Waals surface area contributed by atoms with Crippen LogP contribution in [-0.4, -0.2) is 78.5 Å². The highest BCUT2D eigenvalue weighted by atomic mass is 19.4. The molecule has 1 fully saturated rings. The average molecular weight is 608 g/mol. The lowest BCUT2D eigenvalue weighted by Gasteiger charge is -2.33. The lowest BCUT2D eigenvalue weighted by molar-refractivity contribution is -0.165. The predicted molar refractivity (Wildman–Crippen MR) is 143 cm³/mol. The van der Waals surface area contributed by atoms with Gasteiger partial charge in [0, 0.05) is 18.9 Å². The number of carbonyl (C=O) groups is 3. The van der Waals surface area contributed by atoms with Crippen LogP contribution in [0.15, 0.2) is 24.3 Å². The molecule has 1 aliphatic rings. The van der Waals surface area contributed by atoms with Crippen LogP contribution in [0.3, 0.4) is 0 Å². The molecule has 0 bridgehead atoms. The summed E-state index contributed by atoms with van der Waals surface area (Å²) in [6.45, 7) is 10.1. The molecule has 0 radical (unpaired) electrons. The van der Waals surface area contributed by atoms with E-state index in [9.17, 15) is 31.9 Å². The maximum Gasteiger partial charge on any atom is 0.420 e. The molecule has 9 nitrogen and oxygen atoms in total. The monoisotopic (exact) mass is 607 g/mol. The number of benzene rings is 1. The Morgan fingerprint density at radius 1 is 0.952 bits per heavy atom. The summed E-state index contributed by atoms with van der Waals surface area (Å²) < 4.78 is 79.7. The number of nitrogens with zero attached hydrogens (tertiary/aromatic N) is 1. The third-order valence-corrected chi connectivity index (χ3v) is 5.93. The van der Waals surface area contributed by atoms with Crippen LogP contribution in [0, 0.1) is 11.7 Å². The smallest absolute Gasteiger partial charge is 0.420 e. The molecule has 0 aliphatic carbocycles. The van der Waals surface area contributed by atoms with Gasteiger partial charge in [0.25, 0.3) is 0 Å². The highest BCUT2D eigenvalue weighted by molar-refractivity contribution is 5.94. The zero-order valence-electron chi connectivity index (χ0n) is 25.1. The molecule has 4 atom stereocenters. The quantitative estimate of drug-likeness (QED) is 0.156. The first-order valence-corrected chi connectivity index (χ1v) is 13.7. The van der Waals surface area contributed by atoms with Crippen molar-refractivity contribution in [3.63, 3.8) is 0 Å². The van der Waals surface area contributed by atoms with E-state index in [1.807, 2.05) is 0 Å². The topological polar surface area (TPSA) is 101 Å². The second kappa shape index (κ2) is 14.5. The molecular weight excluding hydrogens is 566 g/mol. The third kappa shape index (κ3) is 12.1. The van der Waals surface area contributed by atoms with E-state index in [2.05, 4.69) is 0 Å². The molecule has 2 amide bonds. The second-order valence-corrected chi connectivity index (χ2v) is 12.2. The SMILES string of the molecule is CC1OC(=O)C(N(C(=O)OC(C)(C)C)C(=O)OC(C)(C)C)COCC(Cc2ccc(F)cc2)C1OCCCC(F)(F)F. The molecule has 1 aromatic rings. The van der Waals surface area contributed by atoms with Gasteiger partial charge in [-0.1, -0.05) is 12.1 Å². The number of cyclic esters (lactones) is 1. The Morgan fingerprint density at radius 3 is 2.00 bits per heavy atom. The van der Waals surface area contributed by atoms with Gasteiger partial charge in [-0.2, -0.15) is 18.1 Å². The third-order valence-electron chi connectivity index (χ3n) is 5.93. The Balaban J connectivity index is 2.38. The Hall–Kier alpha value is -2.93. The van der Waals surface area contributed by atoms with Gasteiger partial charge < -0.3 is 23.7 Å². The molecule has 1 heterocycles. The van der Waals surface area contributed by atoms with Crippen molar-refractivity contribution in [2.45, 2.75) is 103 Å². The lowest BCUT2D eigenvalue weighted by atomic mass is 9.91. The molecule has 13 heteroatoms. The van der Waals surface area contributed by atoms with Gasteiger partial charge >= 0.3 is 24.3 Å². The maximum absolute atomic E-state index is 13.5. The van der Waals surface area contributed by atoms with Crippen molar-refractivity contribution >= 4 is 18.2 Å². The van der Waals surface area contributed by atoms with Gasteiger partial charge in [0.2, 0.25) is 0 Å². The standard InChI is InChI=1S/C29H41F4NO8/c1-18-23(39-14-8-13-29(31,32)33)20(15-19-9-11-21(30)12-10-19)16-38-17-22(24(35)40-18)34(25(36)41-27(2,3)4)26(37)42-28(5,6)7/h9-12,18,20,22-23H,8,13-17H2,1-7H3. The number of amides is 2. The predicted octanol–water partition coefficient (Wildman–Crippen LogP) is 6.21. The van der Waals surface area contributed by atoms with E-state index in [1.165, 1.54) is 19.1 Å². The molecule has 0 aromatic heterocycles. The molecule has 42 heavy (non-hydrogen) atoms. The fraction of sp³-hybridized carbons (Fsp3) is 0.690. The molecule has 1 aliphatic heterocycles. The summed E-state index contributed by atoms with van der Waals surface area (Å²) in [4.78, 5) is 40.2. The van der Waals surface area contributed by atoms with E-state index in [-0.39, 0.29) is 26.1 Å². The van der Waals surface area contributed by atoms with Crippen LogP contribution in [0.25, 0.3) is 0 Å². The van der Waals surface area contributed by atoms with Crippen molar-refractivity contribution in [3.8, 4) is 0 Å². The number of imide groups is 1. The zero-order valence-corrected chi connectivity index (χ0v) is 25.1. The highest BCUT2D eigenvalue weighted by Gasteiger charge is 2.44. The molecule has 0 N–H and O–H groups in total. The van der Waals surface area contributed by atoms with Crippen molar-refractivity contribution in [1.29, 1.82) is 0 Å². The fourth-order valence-corrected chi connectivity index (χ4v) is 4.20. The van der Waals surface area contributed by atoms with E-state index >= 15 is 0 Å². The van der Waals surface area contributed by atoms with Gasteiger partial charge in [0.1, 0.15) is 23.1 Å². The number of hydrogen-bond acceptors (Lipinski definition) is 8. The van der Waals surface area contributed by atoms with Crippen LogP contribution < -0.4 is 0 Å². The van der Waals surface area contributed by atoms with Crippen LogP contribution in [0.2, 0.25) is 0 Å². The van der Waals surface area contributed by atoms with E-state index in [0.29, 0.717) is 10.5 Å². The largest absolute Gasteiger partial charge is 0.458 e. The van der Waals surface area contributed by atoms with Crippen molar-refractivity contribution < 1.29 is 55.6 Å². The molecular formula is C29H41F4NO8. The molecule has 0 saturated carbocycles. The van der Waals surface area contributed by atoms with Crippen molar-refractivity contribution in [3.05, 3.63) is 35.6 Å². The van der Waals surface area contributed by atoms with Crippen LogP contribution in [0.4, 0.5) is 27.2 Å². The summed E-state index contributed by atoms with van der Waals surface area (Å²) in [6, 6.07) is 4.03. The van der Waals surface area contributed by atoms with Crippen molar-refractivity contribution in [2.24, 2.45) is 5.92 Å². The second-order valence-electron chi connectivity index (χ2n) is 12.2. The fourth-order valence-electron chi connectivity index (χ4n) is 4.20. The Kier molecular flexibility index (Phi) is 12.2. The summed E-state index contributed by atoms with van der Waals surface area (Å²) in [5.74, 6) is -2.02. The van der Waals surface area contributed by atoms with Gasteiger partial charge in [0.15, 0.2) is 6.04 Å². The number of rotatable bonds is 7. The van der Waals surface area contributed by atoms with Crippen LogP contribution in [-0.2, 0) is 34.9 Å². The number of halogens is 4. The first-order chi connectivity index (χ1) is 19.3. The molecule has 2 rings (SSSR count). The summed E-state index contributed by atoms with van der Waals surface area (Å²) in [7, 11) is 0. The minimum Gasteiger partial charge on any atom is -0.458 e. The maximum atomic E-state index is 13.5. The Morgan fingerprint density at radius 2 is 1.50 bits per heavy atom. The lowest BCUT2D eigenvalue weighted by Crippen LogP contribution is -2.54. The van der Waals surface area contributed by atoms with Gasteiger partial charge in [-0.15, -0.1) is 0 Å². The van der Waals surface area contributed by atoms with Crippen molar-refractivity contribution in [1.82, 2.24) is 4.90 Å². The van der Waals surface area contributed by atoms with Crippen LogP contribution in [0.1, 0.15) is 66.9 Å². The molecule has 0 spiro atoms. The van der Waals surface area contributed by atoms with E-state index in [4.69, 9.17) is 23.7 Å². The first kappa shape index (κ1) is 35.3. The number of alkyl halides is 3. The molecule has 238 valence electrons. The van der Waals surface area contributed by atoms with Gasteiger partial charge in [-0.25, -0.2) is 18.8 Å². The Labute approximate surface area is 243 Å². The summed E-state index contributed by atoms with van der Waals surface area (Å²) in [5.41, 5.74) is -1.36. The summed E-state index contributed by atoms with van der Waals surface area (Å²) in [6.07, 6.45) is -9.77. The first-order valence-electron chi connectivity index (χ1n) is 13.7. The molecule has 1 saturated heterocycles. The Bertz CT molecular complexity index is 1020. The number of esters is 1. The van der Waals surface area contributed by atoms with Crippen LogP contribution in [0.5, 0.6) is 0 Å². The minimum atomic E-state index is -4.36. The average Bonchev–Trinajstić information content (AvgIpc) is 2.85. The zero-order chi connectivity index (χ0) is 31.9. The summed E-state index contributed by atoms with van der Waals surface area (Å²) in [5, 5.41) is 0. The molecule has 1 aromatic carbocycles.